The molecule has 15 heavy (non-hydrogen) atoms. The monoisotopic (exact) mass is 207 g/mol. The third-order valence-corrected chi connectivity index (χ3v) is 2.61. The molecule has 3 heteroatoms. The summed E-state index contributed by atoms with van der Waals surface area (Å²) in [7, 11) is 1.73. The van der Waals surface area contributed by atoms with Crippen molar-refractivity contribution in [3.05, 3.63) is 35.9 Å². The minimum atomic E-state index is 0.269. The fourth-order valence-electron chi connectivity index (χ4n) is 1.71. The Morgan fingerprint density at radius 1 is 1.40 bits per heavy atom. The van der Waals surface area contributed by atoms with Crippen molar-refractivity contribution in [2.45, 2.75) is 12.1 Å². The second-order valence-corrected chi connectivity index (χ2v) is 3.82. The van der Waals surface area contributed by atoms with Crippen LogP contribution < -0.4 is 5.32 Å². The van der Waals surface area contributed by atoms with Crippen LogP contribution in [0.15, 0.2) is 30.3 Å². The maximum Gasteiger partial charge on any atom is 0.0657 e. The first-order chi connectivity index (χ1) is 7.40. The van der Waals surface area contributed by atoms with Crippen LogP contribution in [0.1, 0.15) is 11.6 Å². The number of benzene rings is 1. The van der Waals surface area contributed by atoms with Gasteiger partial charge in [0.05, 0.1) is 31.9 Å². The molecule has 0 bridgehead atoms. The zero-order valence-corrected chi connectivity index (χ0v) is 8.98. The Balaban J connectivity index is 1.98. The molecule has 82 valence electrons. The highest BCUT2D eigenvalue weighted by Gasteiger charge is 2.22. The van der Waals surface area contributed by atoms with Gasteiger partial charge < -0.3 is 14.8 Å². The van der Waals surface area contributed by atoms with E-state index in [9.17, 15) is 0 Å². The third kappa shape index (κ3) is 2.78. The smallest absolute Gasteiger partial charge is 0.0657 e. The molecule has 1 fully saturated rings. The van der Waals surface area contributed by atoms with E-state index in [2.05, 4.69) is 29.6 Å². The van der Waals surface area contributed by atoms with Crippen LogP contribution in [0.25, 0.3) is 0 Å². The van der Waals surface area contributed by atoms with Crippen molar-refractivity contribution < 1.29 is 9.47 Å². The summed E-state index contributed by atoms with van der Waals surface area (Å²) in [6.07, 6.45) is 0. The Labute approximate surface area is 90.4 Å². The Hall–Kier alpha value is -0.900. The Morgan fingerprint density at radius 2 is 2.13 bits per heavy atom. The molecule has 1 aromatic rings. The van der Waals surface area contributed by atoms with Crippen molar-refractivity contribution in [2.75, 3.05) is 26.9 Å². The summed E-state index contributed by atoms with van der Waals surface area (Å²) in [5, 5.41) is 3.52. The lowest BCUT2D eigenvalue weighted by molar-refractivity contribution is -0.0147. The zero-order valence-electron chi connectivity index (χ0n) is 8.98. The first-order valence-corrected chi connectivity index (χ1v) is 5.28. The van der Waals surface area contributed by atoms with Gasteiger partial charge in [-0.05, 0) is 5.56 Å². The van der Waals surface area contributed by atoms with Crippen molar-refractivity contribution >= 4 is 0 Å². The van der Waals surface area contributed by atoms with Crippen LogP contribution in [0.3, 0.4) is 0 Å². The summed E-state index contributed by atoms with van der Waals surface area (Å²) >= 11 is 0. The SMILES string of the molecule is COCC(NC1COC1)c1ccccc1. The van der Waals surface area contributed by atoms with E-state index in [-0.39, 0.29) is 6.04 Å². The predicted octanol–water partition coefficient (Wildman–Crippen LogP) is 1.36. The molecular formula is C12H17NO2. The molecule has 1 N–H and O–H groups in total. The number of ether oxygens (including phenoxy) is 2. The molecule has 1 heterocycles. The summed E-state index contributed by atoms with van der Waals surface area (Å²) in [6.45, 7) is 2.32. The lowest BCUT2D eigenvalue weighted by Crippen LogP contribution is -2.48. The van der Waals surface area contributed by atoms with Crippen LogP contribution in [0, 0.1) is 0 Å². The topological polar surface area (TPSA) is 30.5 Å². The molecule has 0 aromatic heterocycles. The average Bonchev–Trinajstić information content (AvgIpc) is 2.23. The second-order valence-electron chi connectivity index (χ2n) is 3.82. The average molecular weight is 207 g/mol. The van der Waals surface area contributed by atoms with Gasteiger partial charge in [-0.2, -0.15) is 0 Å². The van der Waals surface area contributed by atoms with Crippen molar-refractivity contribution in [2.24, 2.45) is 0 Å². The molecule has 1 atom stereocenters. The van der Waals surface area contributed by atoms with E-state index in [4.69, 9.17) is 9.47 Å². The Morgan fingerprint density at radius 3 is 2.67 bits per heavy atom. The second kappa shape index (κ2) is 5.26. The van der Waals surface area contributed by atoms with Crippen molar-refractivity contribution in [1.29, 1.82) is 0 Å². The van der Waals surface area contributed by atoms with Crippen LogP contribution >= 0.6 is 0 Å². The molecule has 2 rings (SSSR count). The quantitative estimate of drug-likeness (QED) is 0.791. The van der Waals surface area contributed by atoms with Crippen LogP contribution in [0.2, 0.25) is 0 Å². The number of nitrogens with one attached hydrogen (secondary N) is 1. The molecule has 3 nitrogen and oxygen atoms in total. The van der Waals surface area contributed by atoms with Crippen LogP contribution in [-0.4, -0.2) is 33.0 Å². The molecule has 1 unspecified atom stereocenters. The van der Waals surface area contributed by atoms with Gasteiger partial charge in [0.2, 0.25) is 0 Å². The van der Waals surface area contributed by atoms with Gasteiger partial charge in [-0.15, -0.1) is 0 Å². The lowest BCUT2D eigenvalue weighted by atomic mass is 10.1. The van der Waals surface area contributed by atoms with E-state index in [0.717, 1.165) is 13.2 Å². The minimum Gasteiger partial charge on any atom is -0.383 e. The highest BCUT2D eigenvalue weighted by atomic mass is 16.5. The fraction of sp³-hybridized carbons (Fsp3) is 0.500. The van der Waals surface area contributed by atoms with E-state index >= 15 is 0 Å². The summed E-state index contributed by atoms with van der Waals surface area (Å²) < 4.78 is 10.4. The van der Waals surface area contributed by atoms with Gasteiger partial charge in [0.15, 0.2) is 0 Å². The van der Waals surface area contributed by atoms with Gasteiger partial charge >= 0.3 is 0 Å². The van der Waals surface area contributed by atoms with Gasteiger partial charge in [-0.1, -0.05) is 30.3 Å². The summed E-state index contributed by atoms with van der Waals surface area (Å²) in [5.74, 6) is 0. The standard InChI is InChI=1S/C12H17NO2/c1-14-9-12(13-11-7-15-8-11)10-5-3-2-4-6-10/h2-6,11-13H,7-9H2,1H3. The Bertz CT molecular complexity index is 285. The molecule has 0 spiro atoms. The molecule has 1 aliphatic rings. The van der Waals surface area contributed by atoms with E-state index in [1.165, 1.54) is 5.56 Å². The third-order valence-electron chi connectivity index (χ3n) is 2.61. The fourth-order valence-corrected chi connectivity index (χ4v) is 1.71. The minimum absolute atomic E-state index is 0.269. The molecule has 1 saturated heterocycles. The number of hydrogen-bond donors (Lipinski definition) is 1. The highest BCUT2D eigenvalue weighted by molar-refractivity contribution is 5.19. The molecule has 0 saturated carbocycles. The van der Waals surface area contributed by atoms with Gasteiger partial charge in [0.1, 0.15) is 0 Å². The molecular weight excluding hydrogens is 190 g/mol. The number of hydrogen-bond acceptors (Lipinski definition) is 3. The molecule has 1 aliphatic heterocycles. The zero-order chi connectivity index (χ0) is 10.5. The predicted molar refractivity (Wildman–Crippen MR) is 58.8 cm³/mol. The van der Waals surface area contributed by atoms with Gasteiger partial charge in [0, 0.05) is 7.11 Å². The lowest BCUT2D eigenvalue weighted by Gasteiger charge is -2.31. The first kappa shape index (κ1) is 10.6. The summed E-state index contributed by atoms with van der Waals surface area (Å²) in [4.78, 5) is 0. The summed E-state index contributed by atoms with van der Waals surface area (Å²) in [6, 6.07) is 11.1. The largest absolute Gasteiger partial charge is 0.383 e. The van der Waals surface area contributed by atoms with Crippen LogP contribution in [0.4, 0.5) is 0 Å². The van der Waals surface area contributed by atoms with Gasteiger partial charge in [0.25, 0.3) is 0 Å². The Kier molecular flexibility index (Phi) is 3.72. The van der Waals surface area contributed by atoms with E-state index in [0.29, 0.717) is 12.6 Å². The molecule has 0 aliphatic carbocycles. The number of rotatable bonds is 5. The summed E-state index contributed by atoms with van der Waals surface area (Å²) in [5.41, 5.74) is 1.27. The van der Waals surface area contributed by atoms with Gasteiger partial charge in [-0.25, -0.2) is 0 Å². The van der Waals surface area contributed by atoms with E-state index in [1.54, 1.807) is 7.11 Å². The van der Waals surface area contributed by atoms with Crippen molar-refractivity contribution in [3.8, 4) is 0 Å². The molecule has 0 radical (unpaired) electrons. The van der Waals surface area contributed by atoms with Crippen LogP contribution in [-0.2, 0) is 9.47 Å². The van der Waals surface area contributed by atoms with Gasteiger partial charge in [-0.3, -0.25) is 0 Å². The maximum absolute atomic E-state index is 5.22. The normalized spacial score (nSPS) is 18.5. The maximum atomic E-state index is 5.22. The van der Waals surface area contributed by atoms with Crippen molar-refractivity contribution in [1.82, 2.24) is 5.32 Å². The van der Waals surface area contributed by atoms with E-state index in [1.807, 2.05) is 6.07 Å². The molecule has 0 amide bonds. The highest BCUT2D eigenvalue weighted by Crippen LogP contribution is 2.15. The van der Waals surface area contributed by atoms with E-state index < -0.39 is 0 Å². The number of methoxy groups -OCH3 is 1. The molecule has 1 aromatic carbocycles. The van der Waals surface area contributed by atoms with Crippen LogP contribution in [0.5, 0.6) is 0 Å². The first-order valence-electron chi connectivity index (χ1n) is 5.28. The van der Waals surface area contributed by atoms with Crippen molar-refractivity contribution in [3.63, 3.8) is 0 Å².